The highest BCUT2D eigenvalue weighted by Crippen LogP contribution is 2.24. The third-order valence-electron chi connectivity index (χ3n) is 4.13. The summed E-state index contributed by atoms with van der Waals surface area (Å²) in [7, 11) is -3.72. The molecule has 0 unspecified atom stereocenters. The fraction of sp³-hybridized carbons (Fsp3) is 0.524. The first-order valence-corrected chi connectivity index (χ1v) is 11.8. The van der Waals surface area contributed by atoms with Gasteiger partial charge in [0.25, 0.3) is 21.7 Å². The molecule has 0 radical (unpaired) electrons. The van der Waals surface area contributed by atoms with Crippen LogP contribution in [0, 0.1) is 11.1 Å². The van der Waals surface area contributed by atoms with Crippen molar-refractivity contribution in [2.75, 3.05) is 12.9 Å². The van der Waals surface area contributed by atoms with Gasteiger partial charge in [0.05, 0.1) is 12.9 Å². The molecule has 0 aliphatic heterocycles. The van der Waals surface area contributed by atoms with Crippen LogP contribution in [0.1, 0.15) is 50.6 Å². The standard InChI is InChI=1S/C21H30N2O6S/c1-5-6-12-27-21-18(15-29-30(4,25)26)22-20(19(23(21)24)13-16(2)3)28-14-17-10-8-7-9-11-17/h7-11,16H,5-6,12-15H2,1-4H3. The predicted molar refractivity (Wildman–Crippen MR) is 113 cm³/mol. The largest absolute Gasteiger partial charge is 0.616 e. The van der Waals surface area contributed by atoms with Gasteiger partial charge in [-0.05, 0) is 17.9 Å². The summed E-state index contributed by atoms with van der Waals surface area (Å²) in [6, 6.07) is 9.50. The van der Waals surface area contributed by atoms with Crippen molar-refractivity contribution in [2.45, 2.75) is 53.2 Å². The molecule has 8 nitrogen and oxygen atoms in total. The number of unbranched alkanes of at least 4 members (excludes halogenated alkanes) is 1. The quantitative estimate of drug-likeness (QED) is 0.217. The first kappa shape index (κ1) is 23.9. The molecule has 2 rings (SSSR count). The van der Waals surface area contributed by atoms with E-state index in [4.69, 9.17) is 13.7 Å². The Balaban J connectivity index is 2.43. The van der Waals surface area contributed by atoms with Crippen molar-refractivity contribution in [1.29, 1.82) is 0 Å². The summed E-state index contributed by atoms with van der Waals surface area (Å²) in [6.07, 6.45) is 3.00. The molecule has 0 fully saturated rings. The van der Waals surface area contributed by atoms with Gasteiger partial charge in [0, 0.05) is 6.42 Å². The highest BCUT2D eigenvalue weighted by Gasteiger charge is 2.28. The Bertz CT molecular complexity index is 917. The van der Waals surface area contributed by atoms with Crippen LogP contribution in [0.4, 0.5) is 0 Å². The van der Waals surface area contributed by atoms with Gasteiger partial charge in [0.2, 0.25) is 0 Å². The first-order valence-electron chi connectivity index (χ1n) is 10.0. The Hall–Kier alpha value is -2.39. The van der Waals surface area contributed by atoms with E-state index in [-0.39, 0.29) is 30.0 Å². The smallest absolute Gasteiger partial charge is 0.404 e. The number of rotatable bonds is 12. The summed E-state index contributed by atoms with van der Waals surface area (Å²) in [6.45, 7) is 6.11. The van der Waals surface area contributed by atoms with Crippen molar-refractivity contribution in [3.05, 3.63) is 52.5 Å². The van der Waals surface area contributed by atoms with Crippen molar-refractivity contribution < 1.29 is 26.8 Å². The minimum absolute atomic E-state index is 0.0465. The van der Waals surface area contributed by atoms with E-state index >= 15 is 0 Å². The summed E-state index contributed by atoms with van der Waals surface area (Å²) in [5.74, 6) is 0.278. The van der Waals surface area contributed by atoms with Gasteiger partial charge in [-0.1, -0.05) is 57.5 Å². The second kappa shape index (κ2) is 11.1. The van der Waals surface area contributed by atoms with Crippen LogP contribution in [-0.4, -0.2) is 26.3 Å². The second-order valence-corrected chi connectivity index (χ2v) is 9.09. The Morgan fingerprint density at radius 3 is 2.43 bits per heavy atom. The monoisotopic (exact) mass is 438 g/mol. The molecule has 2 aromatic rings. The van der Waals surface area contributed by atoms with Crippen LogP contribution < -0.4 is 14.2 Å². The average molecular weight is 439 g/mol. The number of aromatic nitrogens is 2. The van der Waals surface area contributed by atoms with Gasteiger partial charge in [-0.25, -0.2) is 0 Å². The molecule has 1 aromatic heterocycles. The number of hydrogen-bond acceptors (Lipinski definition) is 7. The van der Waals surface area contributed by atoms with Gasteiger partial charge < -0.3 is 14.7 Å². The number of hydrogen-bond donors (Lipinski definition) is 0. The lowest BCUT2D eigenvalue weighted by Crippen LogP contribution is -2.38. The molecular formula is C21H30N2O6S. The maximum absolute atomic E-state index is 13.1. The number of benzene rings is 1. The van der Waals surface area contributed by atoms with Gasteiger partial charge in [0.1, 0.15) is 13.2 Å². The van der Waals surface area contributed by atoms with E-state index in [1.807, 2.05) is 51.1 Å². The van der Waals surface area contributed by atoms with E-state index in [9.17, 15) is 13.6 Å². The Morgan fingerprint density at radius 1 is 1.13 bits per heavy atom. The summed E-state index contributed by atoms with van der Waals surface area (Å²) >= 11 is 0. The molecule has 0 aliphatic rings. The maximum Gasteiger partial charge on any atom is 0.404 e. The molecule has 1 aromatic carbocycles. The molecule has 0 aliphatic carbocycles. The zero-order valence-electron chi connectivity index (χ0n) is 18.0. The van der Waals surface area contributed by atoms with Gasteiger partial charge in [-0.2, -0.15) is 13.4 Å². The molecule has 0 saturated carbocycles. The molecule has 0 saturated heterocycles. The van der Waals surface area contributed by atoms with Crippen molar-refractivity contribution in [1.82, 2.24) is 4.98 Å². The number of ether oxygens (including phenoxy) is 2. The minimum atomic E-state index is -3.72. The van der Waals surface area contributed by atoms with Crippen LogP contribution in [-0.2, 0) is 33.9 Å². The summed E-state index contributed by atoms with van der Waals surface area (Å²) in [5, 5.41) is 13.1. The molecule has 166 valence electrons. The third kappa shape index (κ3) is 7.46. The third-order valence-corrected chi connectivity index (χ3v) is 4.67. The lowest BCUT2D eigenvalue weighted by Gasteiger charge is -2.17. The van der Waals surface area contributed by atoms with Crippen LogP contribution in [0.25, 0.3) is 0 Å². The average Bonchev–Trinajstić information content (AvgIpc) is 2.68. The van der Waals surface area contributed by atoms with Crippen LogP contribution in [0.2, 0.25) is 0 Å². The normalized spacial score (nSPS) is 11.6. The van der Waals surface area contributed by atoms with Gasteiger partial charge in [0.15, 0.2) is 5.69 Å². The highest BCUT2D eigenvalue weighted by atomic mass is 32.2. The molecule has 0 bridgehead atoms. The van der Waals surface area contributed by atoms with Crippen LogP contribution in [0.15, 0.2) is 30.3 Å². The highest BCUT2D eigenvalue weighted by molar-refractivity contribution is 7.85. The van der Waals surface area contributed by atoms with Gasteiger partial charge in [-0.3, -0.25) is 4.18 Å². The van der Waals surface area contributed by atoms with Crippen LogP contribution in [0.5, 0.6) is 11.8 Å². The van der Waals surface area contributed by atoms with Crippen molar-refractivity contribution in [2.24, 2.45) is 5.92 Å². The lowest BCUT2D eigenvalue weighted by molar-refractivity contribution is -0.623. The molecule has 1 heterocycles. The van der Waals surface area contributed by atoms with Gasteiger partial charge in [-0.15, -0.1) is 4.73 Å². The number of nitrogens with zero attached hydrogens (tertiary/aromatic N) is 2. The van der Waals surface area contributed by atoms with Crippen molar-refractivity contribution >= 4 is 10.1 Å². The fourth-order valence-corrected chi connectivity index (χ4v) is 3.00. The Labute approximate surface area is 178 Å². The summed E-state index contributed by atoms with van der Waals surface area (Å²) in [5.41, 5.74) is 1.35. The zero-order chi connectivity index (χ0) is 22.1. The topological polar surface area (TPSA) is 102 Å². The lowest BCUT2D eigenvalue weighted by atomic mass is 10.1. The van der Waals surface area contributed by atoms with E-state index < -0.39 is 16.7 Å². The van der Waals surface area contributed by atoms with Crippen LogP contribution in [0.3, 0.4) is 0 Å². The maximum atomic E-state index is 13.1. The zero-order valence-corrected chi connectivity index (χ0v) is 18.8. The molecular weight excluding hydrogens is 408 g/mol. The summed E-state index contributed by atoms with van der Waals surface area (Å²) < 4.78 is 40.0. The Kier molecular flexibility index (Phi) is 8.86. The second-order valence-electron chi connectivity index (χ2n) is 7.45. The molecule has 9 heteroatoms. The summed E-state index contributed by atoms with van der Waals surface area (Å²) in [4.78, 5) is 4.43. The Morgan fingerprint density at radius 2 is 1.83 bits per heavy atom. The van der Waals surface area contributed by atoms with E-state index in [1.54, 1.807) is 0 Å². The molecule has 0 amide bonds. The van der Waals surface area contributed by atoms with E-state index in [2.05, 4.69) is 4.98 Å². The molecule has 0 N–H and O–H groups in total. The van der Waals surface area contributed by atoms with Gasteiger partial charge >= 0.3 is 5.88 Å². The molecule has 0 atom stereocenters. The van der Waals surface area contributed by atoms with E-state index in [1.165, 1.54) is 0 Å². The van der Waals surface area contributed by atoms with E-state index in [0.29, 0.717) is 23.5 Å². The van der Waals surface area contributed by atoms with Crippen molar-refractivity contribution in [3.63, 3.8) is 0 Å². The predicted octanol–water partition coefficient (Wildman–Crippen LogP) is 3.15. The molecule has 30 heavy (non-hydrogen) atoms. The minimum Gasteiger partial charge on any atom is -0.616 e. The fourth-order valence-electron chi connectivity index (χ4n) is 2.67. The van der Waals surface area contributed by atoms with Crippen molar-refractivity contribution in [3.8, 4) is 11.8 Å². The molecule has 0 spiro atoms. The van der Waals surface area contributed by atoms with E-state index in [0.717, 1.165) is 24.7 Å². The van der Waals surface area contributed by atoms with Crippen LogP contribution >= 0.6 is 0 Å². The first-order chi connectivity index (χ1) is 14.2. The SMILES string of the molecule is CCCCOc1c(COS(C)(=O)=O)nc(OCc2ccccc2)c(CC(C)C)[n+]1[O-].